The van der Waals surface area contributed by atoms with Crippen molar-refractivity contribution >= 4 is 47.1 Å². The third-order valence-electron chi connectivity index (χ3n) is 4.71. The van der Waals surface area contributed by atoms with E-state index in [2.05, 4.69) is 22.7 Å². The number of thioether (sulfide) groups is 1. The highest BCUT2D eigenvalue weighted by molar-refractivity contribution is 7.99. The molecule has 0 unspecified atom stereocenters. The molecule has 1 heterocycles. The molecule has 4 nitrogen and oxygen atoms in total. The summed E-state index contributed by atoms with van der Waals surface area (Å²) in [7, 11) is 0. The zero-order chi connectivity index (χ0) is 21.7. The maximum Gasteiger partial charge on any atom is 0.252 e. The van der Waals surface area contributed by atoms with Crippen molar-refractivity contribution in [3.8, 4) is 5.69 Å². The van der Waals surface area contributed by atoms with Gasteiger partial charge < -0.3 is 4.57 Å². The van der Waals surface area contributed by atoms with E-state index in [0.29, 0.717) is 10.0 Å². The van der Waals surface area contributed by atoms with Gasteiger partial charge in [-0.05, 0) is 50.6 Å². The van der Waals surface area contributed by atoms with E-state index in [1.165, 1.54) is 5.56 Å². The minimum atomic E-state index is -0.208. The predicted molar refractivity (Wildman–Crippen MR) is 128 cm³/mol. The lowest BCUT2D eigenvalue weighted by Crippen LogP contribution is -2.27. The fraction of sp³-hybridized carbons (Fsp3) is 0.217. The summed E-state index contributed by atoms with van der Waals surface area (Å²) in [5.41, 5.74) is 7.50. The number of carbonyl (C=O) groups excluding carboxylic acids is 1. The molecule has 1 aromatic heterocycles. The SMILES string of the molecule is Cc1cc(/C=N\NC(=O)[C@H](C)SCc2ccccc2)c(C)n1-c1cc(Cl)ccc1Cl. The van der Waals surface area contributed by atoms with Crippen molar-refractivity contribution in [2.24, 2.45) is 5.10 Å². The Labute approximate surface area is 191 Å². The summed E-state index contributed by atoms with van der Waals surface area (Å²) in [6.45, 7) is 5.85. The first-order valence-electron chi connectivity index (χ1n) is 9.49. The van der Waals surface area contributed by atoms with Crippen LogP contribution in [0.2, 0.25) is 10.0 Å². The van der Waals surface area contributed by atoms with E-state index in [1.54, 1.807) is 30.1 Å². The van der Waals surface area contributed by atoms with Crippen LogP contribution < -0.4 is 5.43 Å². The molecule has 0 aliphatic carbocycles. The number of hydrazone groups is 1. The van der Waals surface area contributed by atoms with Crippen molar-refractivity contribution < 1.29 is 4.79 Å². The van der Waals surface area contributed by atoms with Crippen LogP contribution in [-0.4, -0.2) is 21.9 Å². The van der Waals surface area contributed by atoms with Crippen molar-refractivity contribution in [3.63, 3.8) is 0 Å². The summed E-state index contributed by atoms with van der Waals surface area (Å²) < 4.78 is 2.02. The van der Waals surface area contributed by atoms with Gasteiger partial charge in [0.1, 0.15) is 0 Å². The minimum absolute atomic E-state index is 0.126. The van der Waals surface area contributed by atoms with Gasteiger partial charge in [-0.25, -0.2) is 5.43 Å². The molecule has 1 atom stereocenters. The zero-order valence-corrected chi connectivity index (χ0v) is 19.4. The summed E-state index contributed by atoms with van der Waals surface area (Å²) in [5, 5.41) is 5.18. The molecule has 0 saturated heterocycles. The Balaban J connectivity index is 1.65. The summed E-state index contributed by atoms with van der Waals surface area (Å²) >= 11 is 14.1. The summed E-state index contributed by atoms with van der Waals surface area (Å²) in [6.07, 6.45) is 1.66. The molecule has 156 valence electrons. The number of halogens is 2. The molecule has 0 saturated carbocycles. The van der Waals surface area contributed by atoms with Gasteiger partial charge in [-0.1, -0.05) is 53.5 Å². The van der Waals surface area contributed by atoms with Crippen molar-refractivity contribution in [1.82, 2.24) is 9.99 Å². The van der Waals surface area contributed by atoms with Crippen LogP contribution in [0.3, 0.4) is 0 Å². The Morgan fingerprint density at radius 1 is 1.17 bits per heavy atom. The Hall–Kier alpha value is -2.21. The minimum Gasteiger partial charge on any atom is -0.316 e. The third-order valence-corrected chi connectivity index (χ3v) is 6.48. The van der Waals surface area contributed by atoms with Crippen LogP contribution in [-0.2, 0) is 10.5 Å². The van der Waals surface area contributed by atoms with Crippen molar-refractivity contribution in [2.45, 2.75) is 31.8 Å². The molecule has 0 bridgehead atoms. The molecule has 0 spiro atoms. The van der Waals surface area contributed by atoms with Crippen LogP contribution in [0.5, 0.6) is 0 Å². The maximum atomic E-state index is 12.3. The number of amides is 1. The highest BCUT2D eigenvalue weighted by atomic mass is 35.5. The van der Waals surface area contributed by atoms with Gasteiger partial charge in [0.15, 0.2) is 0 Å². The second-order valence-electron chi connectivity index (χ2n) is 6.93. The smallest absolute Gasteiger partial charge is 0.252 e. The Bertz CT molecular complexity index is 1060. The van der Waals surface area contributed by atoms with E-state index in [0.717, 1.165) is 28.4 Å². The van der Waals surface area contributed by atoms with Crippen molar-refractivity contribution in [1.29, 1.82) is 0 Å². The van der Waals surface area contributed by atoms with Crippen LogP contribution in [0.15, 0.2) is 59.7 Å². The van der Waals surface area contributed by atoms with Gasteiger partial charge in [-0.3, -0.25) is 4.79 Å². The van der Waals surface area contributed by atoms with Crippen molar-refractivity contribution in [3.05, 3.63) is 87.2 Å². The van der Waals surface area contributed by atoms with E-state index < -0.39 is 0 Å². The zero-order valence-electron chi connectivity index (χ0n) is 17.0. The van der Waals surface area contributed by atoms with E-state index in [1.807, 2.05) is 55.7 Å². The number of benzene rings is 2. The first-order chi connectivity index (χ1) is 14.4. The number of nitrogens with zero attached hydrogens (tertiary/aromatic N) is 2. The monoisotopic (exact) mass is 459 g/mol. The second kappa shape index (κ2) is 10.2. The second-order valence-corrected chi connectivity index (χ2v) is 9.10. The standard InChI is InChI=1S/C23H23Cl2N3OS/c1-15-11-19(16(2)28(15)22-12-20(24)9-10-21(22)25)13-26-27-23(29)17(3)30-14-18-7-5-4-6-8-18/h4-13,17H,14H2,1-3H3,(H,27,29)/b26-13-/t17-/m0/s1. The number of aromatic nitrogens is 1. The summed E-state index contributed by atoms with van der Waals surface area (Å²) in [4.78, 5) is 12.3. The van der Waals surface area contributed by atoms with Crippen LogP contribution in [0.25, 0.3) is 5.69 Å². The predicted octanol–water partition coefficient (Wildman–Crippen LogP) is 6.17. The summed E-state index contributed by atoms with van der Waals surface area (Å²) in [5.74, 6) is 0.652. The molecule has 1 amide bonds. The van der Waals surface area contributed by atoms with E-state index in [-0.39, 0.29) is 11.2 Å². The average molecular weight is 460 g/mol. The number of rotatable bonds is 7. The van der Waals surface area contributed by atoms with Gasteiger partial charge in [0.2, 0.25) is 0 Å². The van der Waals surface area contributed by atoms with E-state index >= 15 is 0 Å². The van der Waals surface area contributed by atoms with Gasteiger partial charge in [0.05, 0.1) is 22.2 Å². The normalized spacial score (nSPS) is 12.3. The van der Waals surface area contributed by atoms with Crippen LogP contribution in [0, 0.1) is 13.8 Å². The fourth-order valence-corrected chi connectivity index (χ4v) is 4.28. The fourth-order valence-electron chi connectivity index (χ4n) is 3.07. The van der Waals surface area contributed by atoms with Gasteiger partial charge >= 0.3 is 0 Å². The van der Waals surface area contributed by atoms with Gasteiger partial charge in [0.25, 0.3) is 5.91 Å². The molecule has 7 heteroatoms. The molecule has 0 fully saturated rings. The average Bonchev–Trinajstić information content (AvgIpc) is 3.01. The first kappa shape index (κ1) is 22.5. The maximum absolute atomic E-state index is 12.3. The highest BCUT2D eigenvalue weighted by Gasteiger charge is 2.14. The largest absolute Gasteiger partial charge is 0.316 e. The van der Waals surface area contributed by atoms with Crippen LogP contribution in [0.1, 0.15) is 29.4 Å². The molecule has 3 aromatic rings. The lowest BCUT2D eigenvalue weighted by atomic mass is 10.2. The van der Waals surface area contributed by atoms with Gasteiger partial charge in [-0.2, -0.15) is 5.10 Å². The third kappa shape index (κ3) is 5.48. The highest BCUT2D eigenvalue weighted by Crippen LogP contribution is 2.28. The molecule has 0 aliphatic heterocycles. The molecule has 1 N–H and O–H groups in total. The number of hydrogen-bond donors (Lipinski definition) is 1. The van der Waals surface area contributed by atoms with E-state index in [4.69, 9.17) is 23.2 Å². The Morgan fingerprint density at radius 3 is 2.63 bits per heavy atom. The lowest BCUT2D eigenvalue weighted by Gasteiger charge is -2.12. The quantitative estimate of drug-likeness (QED) is 0.338. The molecular weight excluding hydrogens is 437 g/mol. The Kier molecular flexibility index (Phi) is 7.64. The molecule has 0 aliphatic rings. The van der Waals surface area contributed by atoms with Gasteiger partial charge in [0, 0.05) is 27.7 Å². The summed E-state index contributed by atoms with van der Waals surface area (Å²) in [6, 6.07) is 17.5. The van der Waals surface area contributed by atoms with Gasteiger partial charge in [-0.15, -0.1) is 11.8 Å². The number of nitrogens with one attached hydrogen (secondary N) is 1. The van der Waals surface area contributed by atoms with Crippen molar-refractivity contribution in [2.75, 3.05) is 0 Å². The number of hydrogen-bond acceptors (Lipinski definition) is 3. The molecule has 3 rings (SSSR count). The van der Waals surface area contributed by atoms with E-state index in [9.17, 15) is 4.79 Å². The lowest BCUT2D eigenvalue weighted by molar-refractivity contribution is -0.120. The molecule has 2 aromatic carbocycles. The molecule has 30 heavy (non-hydrogen) atoms. The molecular formula is C23H23Cl2N3OS. The molecule has 0 radical (unpaired) electrons. The van der Waals surface area contributed by atoms with Crippen LogP contribution >= 0.6 is 35.0 Å². The van der Waals surface area contributed by atoms with Crippen LogP contribution in [0.4, 0.5) is 0 Å². The number of carbonyl (C=O) groups is 1. The Morgan fingerprint density at radius 2 is 1.90 bits per heavy atom. The number of aryl methyl sites for hydroxylation is 1. The topological polar surface area (TPSA) is 46.4 Å². The first-order valence-corrected chi connectivity index (χ1v) is 11.3.